The lowest BCUT2D eigenvalue weighted by Crippen LogP contribution is -2.48. The van der Waals surface area contributed by atoms with E-state index in [1.54, 1.807) is 5.51 Å². The third kappa shape index (κ3) is 2.74. The van der Waals surface area contributed by atoms with E-state index in [0.717, 1.165) is 22.0 Å². The fourth-order valence-corrected chi connectivity index (χ4v) is 3.43. The molecule has 1 atom stereocenters. The van der Waals surface area contributed by atoms with Crippen LogP contribution >= 0.6 is 11.3 Å². The quantitative estimate of drug-likeness (QED) is 0.880. The zero-order valence-electron chi connectivity index (χ0n) is 12.1. The van der Waals surface area contributed by atoms with Crippen molar-refractivity contribution in [3.63, 3.8) is 0 Å². The van der Waals surface area contributed by atoms with Crippen molar-refractivity contribution >= 4 is 23.2 Å². The highest BCUT2D eigenvalue weighted by atomic mass is 32.1. The van der Waals surface area contributed by atoms with Crippen molar-refractivity contribution in [1.82, 2.24) is 19.9 Å². The van der Waals surface area contributed by atoms with E-state index in [4.69, 9.17) is 0 Å². The summed E-state index contributed by atoms with van der Waals surface area (Å²) in [7, 11) is 0. The summed E-state index contributed by atoms with van der Waals surface area (Å²) in [6.07, 6.45) is 2.67. The second-order valence-corrected chi connectivity index (χ2v) is 6.21. The molecule has 0 aromatic carbocycles. The number of rotatable bonds is 4. The van der Waals surface area contributed by atoms with Crippen LogP contribution in [0.2, 0.25) is 0 Å². The monoisotopic (exact) mass is 320 g/mol. The topological polar surface area (TPSA) is 99.2 Å². The number of aromatic amines is 1. The Balaban J connectivity index is 1.72. The Morgan fingerprint density at radius 2 is 2.32 bits per heavy atom. The van der Waals surface area contributed by atoms with Crippen molar-refractivity contribution < 1.29 is 14.7 Å². The van der Waals surface area contributed by atoms with Gasteiger partial charge in [-0.15, -0.1) is 11.3 Å². The Bertz CT molecular complexity index is 709. The maximum atomic E-state index is 12.5. The molecule has 2 aromatic rings. The molecule has 3 rings (SSSR count). The lowest BCUT2D eigenvalue weighted by atomic mass is 10.0. The number of amides is 1. The second kappa shape index (κ2) is 5.88. The van der Waals surface area contributed by atoms with E-state index in [-0.39, 0.29) is 25.3 Å². The number of carboxylic acids is 1. The first-order chi connectivity index (χ1) is 10.6. The fourth-order valence-electron chi connectivity index (χ4n) is 2.65. The highest BCUT2D eigenvalue weighted by molar-refractivity contribution is 7.09. The molecule has 0 aliphatic carbocycles. The number of nitrogens with zero attached hydrogens (tertiary/aromatic N) is 3. The standard InChI is InChI=1S/C14H16N4O3S/c1-8-12(22-7-17-8)2-3-13(19)18-5-10-9(15-6-16-10)4-11(18)14(20)21/h6-7,11H,2-5H2,1H3,(H,15,16)(H,20,21)/t11-/m0/s1. The first kappa shape index (κ1) is 14.7. The number of hydrogen-bond acceptors (Lipinski definition) is 5. The zero-order valence-corrected chi connectivity index (χ0v) is 12.9. The van der Waals surface area contributed by atoms with Crippen LogP contribution in [-0.4, -0.2) is 42.9 Å². The van der Waals surface area contributed by atoms with E-state index in [0.29, 0.717) is 6.42 Å². The summed E-state index contributed by atoms with van der Waals surface area (Å²) in [4.78, 5) is 37.7. The average Bonchev–Trinajstić information content (AvgIpc) is 3.11. The molecule has 1 aliphatic heterocycles. The van der Waals surface area contributed by atoms with Gasteiger partial charge in [-0.2, -0.15) is 0 Å². The van der Waals surface area contributed by atoms with Crippen LogP contribution in [0.5, 0.6) is 0 Å². The Hall–Kier alpha value is -2.22. The van der Waals surface area contributed by atoms with Crippen LogP contribution < -0.4 is 0 Å². The maximum Gasteiger partial charge on any atom is 0.326 e. The number of imidazole rings is 1. The molecule has 1 aliphatic rings. The number of H-pyrrole nitrogens is 1. The lowest BCUT2D eigenvalue weighted by Gasteiger charge is -2.32. The molecule has 0 fully saturated rings. The Morgan fingerprint density at radius 1 is 1.50 bits per heavy atom. The summed E-state index contributed by atoms with van der Waals surface area (Å²) in [6.45, 7) is 2.18. The molecule has 0 saturated carbocycles. The van der Waals surface area contributed by atoms with Crippen LogP contribution in [0.4, 0.5) is 0 Å². The number of hydrogen-bond donors (Lipinski definition) is 2. The molecule has 22 heavy (non-hydrogen) atoms. The van der Waals surface area contributed by atoms with Crippen LogP contribution in [-0.2, 0) is 29.0 Å². The Labute approximate surface area is 131 Å². The smallest absolute Gasteiger partial charge is 0.326 e. The van der Waals surface area contributed by atoms with Crippen LogP contribution in [0.3, 0.4) is 0 Å². The summed E-state index contributed by atoms with van der Waals surface area (Å²) < 4.78 is 0. The van der Waals surface area contributed by atoms with Crippen LogP contribution in [0, 0.1) is 6.92 Å². The van der Waals surface area contributed by atoms with Gasteiger partial charge in [-0.3, -0.25) is 4.79 Å². The van der Waals surface area contributed by atoms with E-state index >= 15 is 0 Å². The molecular weight excluding hydrogens is 304 g/mol. The predicted molar refractivity (Wildman–Crippen MR) is 79.4 cm³/mol. The van der Waals surface area contributed by atoms with Gasteiger partial charge < -0.3 is 15.0 Å². The van der Waals surface area contributed by atoms with Gasteiger partial charge in [0.25, 0.3) is 0 Å². The Kier molecular flexibility index (Phi) is 3.93. The van der Waals surface area contributed by atoms with E-state index in [1.807, 2.05) is 6.92 Å². The van der Waals surface area contributed by atoms with Crippen molar-refractivity contribution in [1.29, 1.82) is 0 Å². The molecule has 2 N–H and O–H groups in total. The molecule has 0 bridgehead atoms. The summed E-state index contributed by atoms with van der Waals surface area (Å²) in [5.41, 5.74) is 4.24. The normalized spacial score (nSPS) is 17.3. The van der Waals surface area contributed by atoms with Crippen LogP contribution in [0.1, 0.15) is 28.4 Å². The number of carbonyl (C=O) groups is 2. The summed E-state index contributed by atoms with van der Waals surface area (Å²) in [6, 6.07) is -0.842. The summed E-state index contributed by atoms with van der Waals surface area (Å²) in [5, 5.41) is 9.38. The summed E-state index contributed by atoms with van der Waals surface area (Å²) in [5.74, 6) is -1.14. The molecule has 116 valence electrons. The van der Waals surface area contributed by atoms with Gasteiger partial charge >= 0.3 is 5.97 Å². The molecular formula is C14H16N4O3S. The molecule has 0 saturated heterocycles. The fraction of sp³-hybridized carbons (Fsp3) is 0.429. The SMILES string of the molecule is Cc1ncsc1CCC(=O)N1Cc2[nH]cnc2C[C@H]1C(=O)O. The highest BCUT2D eigenvalue weighted by Crippen LogP contribution is 2.23. The van der Waals surface area contributed by atoms with Gasteiger partial charge in [0.05, 0.1) is 35.5 Å². The first-order valence-electron chi connectivity index (χ1n) is 6.98. The highest BCUT2D eigenvalue weighted by Gasteiger charge is 2.35. The van der Waals surface area contributed by atoms with E-state index in [1.165, 1.54) is 22.6 Å². The molecule has 0 unspecified atom stereocenters. The number of carbonyl (C=O) groups excluding carboxylic acids is 1. The molecule has 0 radical (unpaired) electrons. The van der Waals surface area contributed by atoms with Crippen molar-refractivity contribution in [3.8, 4) is 0 Å². The second-order valence-electron chi connectivity index (χ2n) is 5.27. The minimum atomic E-state index is -0.990. The van der Waals surface area contributed by atoms with Gasteiger partial charge in [0, 0.05) is 17.7 Å². The number of aromatic nitrogens is 3. The molecule has 0 spiro atoms. The van der Waals surface area contributed by atoms with Crippen molar-refractivity contribution in [3.05, 3.63) is 33.8 Å². The van der Waals surface area contributed by atoms with Gasteiger partial charge in [0.1, 0.15) is 6.04 Å². The number of fused-ring (bicyclic) bond motifs is 1. The van der Waals surface area contributed by atoms with Crippen molar-refractivity contribution in [2.75, 3.05) is 0 Å². The molecule has 2 aromatic heterocycles. The molecule has 1 amide bonds. The van der Waals surface area contributed by atoms with Crippen molar-refractivity contribution in [2.24, 2.45) is 0 Å². The van der Waals surface area contributed by atoms with E-state index < -0.39 is 12.0 Å². The van der Waals surface area contributed by atoms with Gasteiger partial charge in [-0.1, -0.05) is 0 Å². The molecule has 3 heterocycles. The summed E-state index contributed by atoms with van der Waals surface area (Å²) >= 11 is 1.52. The Morgan fingerprint density at radius 3 is 3.00 bits per heavy atom. The largest absolute Gasteiger partial charge is 0.480 e. The third-order valence-corrected chi connectivity index (χ3v) is 4.91. The van der Waals surface area contributed by atoms with Gasteiger partial charge in [0.2, 0.25) is 5.91 Å². The van der Waals surface area contributed by atoms with E-state index in [9.17, 15) is 14.7 Å². The first-order valence-corrected chi connectivity index (χ1v) is 7.86. The molecule has 8 heteroatoms. The number of thiazole rings is 1. The number of nitrogens with one attached hydrogen (secondary N) is 1. The average molecular weight is 320 g/mol. The van der Waals surface area contributed by atoms with Gasteiger partial charge in [0.15, 0.2) is 0 Å². The van der Waals surface area contributed by atoms with Crippen molar-refractivity contribution in [2.45, 2.75) is 38.8 Å². The lowest BCUT2D eigenvalue weighted by molar-refractivity contribution is -0.151. The predicted octanol–water partition coefficient (Wildman–Crippen LogP) is 1.15. The number of carboxylic acid groups (broad SMARTS) is 1. The van der Waals surface area contributed by atoms with E-state index in [2.05, 4.69) is 15.0 Å². The number of aryl methyl sites for hydroxylation is 2. The number of aliphatic carboxylic acids is 1. The third-order valence-electron chi connectivity index (χ3n) is 3.92. The van der Waals surface area contributed by atoms with Crippen LogP contribution in [0.25, 0.3) is 0 Å². The maximum absolute atomic E-state index is 12.5. The zero-order chi connectivity index (χ0) is 15.7. The van der Waals surface area contributed by atoms with Gasteiger partial charge in [-0.25, -0.2) is 14.8 Å². The minimum Gasteiger partial charge on any atom is -0.480 e. The molecule has 7 nitrogen and oxygen atoms in total. The van der Waals surface area contributed by atoms with Gasteiger partial charge in [-0.05, 0) is 13.3 Å². The van der Waals surface area contributed by atoms with Crippen LogP contribution in [0.15, 0.2) is 11.8 Å². The minimum absolute atomic E-state index is 0.152.